The van der Waals surface area contributed by atoms with Crippen LogP contribution in [0.15, 0.2) is 4.79 Å². The number of barbiturate groups is 1. The van der Waals surface area contributed by atoms with Crippen molar-refractivity contribution >= 4 is 17.8 Å². The summed E-state index contributed by atoms with van der Waals surface area (Å²) >= 11 is 0. The minimum atomic E-state index is -1.08. The summed E-state index contributed by atoms with van der Waals surface area (Å²) in [5.41, 5.74) is 0.626. The van der Waals surface area contributed by atoms with Gasteiger partial charge in [-0.2, -0.15) is 0 Å². The van der Waals surface area contributed by atoms with Crippen molar-refractivity contribution in [3.8, 4) is 0 Å². The lowest BCUT2D eigenvalue weighted by molar-refractivity contribution is -0.136. The summed E-state index contributed by atoms with van der Waals surface area (Å²) in [6.45, 7) is 3.59. The number of hydrogen-bond donors (Lipinski definition) is 4. The van der Waals surface area contributed by atoms with Gasteiger partial charge in [0.25, 0.3) is 5.56 Å². The summed E-state index contributed by atoms with van der Waals surface area (Å²) in [6.07, 6.45) is 1.18. The number of imide groups is 2. The van der Waals surface area contributed by atoms with Crippen LogP contribution in [0, 0.1) is 12.8 Å². The zero-order valence-electron chi connectivity index (χ0n) is 11.2. The molecule has 20 heavy (non-hydrogen) atoms. The van der Waals surface area contributed by atoms with E-state index in [4.69, 9.17) is 0 Å². The number of nitrogens with one attached hydrogen (secondary N) is 4. The largest absolute Gasteiger partial charge is 0.328 e. The van der Waals surface area contributed by atoms with Gasteiger partial charge < -0.3 is 5.10 Å². The number of carbonyl (C=O) groups excluding carboxylic acids is 3. The first-order valence-corrected chi connectivity index (χ1v) is 6.38. The van der Waals surface area contributed by atoms with Crippen LogP contribution in [0.5, 0.6) is 0 Å². The number of rotatable bonds is 4. The molecule has 8 nitrogen and oxygen atoms in total. The van der Waals surface area contributed by atoms with Gasteiger partial charge in [0.15, 0.2) is 0 Å². The maximum atomic E-state index is 11.9. The molecule has 1 fully saturated rings. The van der Waals surface area contributed by atoms with E-state index in [0.717, 1.165) is 0 Å². The molecule has 1 atom stereocenters. The number of hydrogen-bond acceptors (Lipinski definition) is 4. The van der Waals surface area contributed by atoms with Crippen LogP contribution in [0.1, 0.15) is 36.9 Å². The third-order valence-electron chi connectivity index (χ3n) is 3.42. The van der Waals surface area contributed by atoms with E-state index in [1.807, 2.05) is 6.92 Å². The fourth-order valence-corrected chi connectivity index (χ4v) is 2.59. The molecule has 1 aliphatic rings. The van der Waals surface area contributed by atoms with Gasteiger partial charge in [-0.05, 0) is 13.3 Å². The van der Waals surface area contributed by atoms with Crippen molar-refractivity contribution < 1.29 is 14.4 Å². The zero-order chi connectivity index (χ0) is 14.9. The highest BCUT2D eigenvalue weighted by Gasteiger charge is 2.42. The Hall–Kier alpha value is -2.38. The van der Waals surface area contributed by atoms with Crippen molar-refractivity contribution in [1.82, 2.24) is 20.8 Å². The minimum absolute atomic E-state index is 0.349. The summed E-state index contributed by atoms with van der Waals surface area (Å²) < 4.78 is 0. The van der Waals surface area contributed by atoms with Gasteiger partial charge in [-0.1, -0.05) is 13.3 Å². The van der Waals surface area contributed by atoms with E-state index in [2.05, 4.69) is 20.8 Å². The predicted octanol–water partition coefficient (Wildman–Crippen LogP) is -0.123. The highest BCUT2D eigenvalue weighted by Crippen LogP contribution is 2.30. The molecule has 4 N–H and O–H groups in total. The van der Waals surface area contributed by atoms with Crippen LogP contribution in [-0.2, 0) is 9.59 Å². The predicted molar refractivity (Wildman–Crippen MR) is 69.0 cm³/mol. The normalized spacial score (nSPS) is 17.8. The molecular formula is C12H16N4O4. The number of aromatic amines is 2. The smallest absolute Gasteiger partial charge is 0.302 e. The standard InChI is InChI=1S/C12H16N4O4/c1-3-4-6(7-5(2)15-16-11(7)19)8-9(17)13-12(20)14-10(8)18/h6,8H,3-4H2,1-2H3,(H2,15,16,19)(H2,13,14,17,18,20). The first-order chi connectivity index (χ1) is 9.45. The molecule has 0 aliphatic carbocycles. The van der Waals surface area contributed by atoms with E-state index in [0.29, 0.717) is 24.1 Å². The van der Waals surface area contributed by atoms with Crippen LogP contribution in [-0.4, -0.2) is 28.0 Å². The minimum Gasteiger partial charge on any atom is -0.302 e. The van der Waals surface area contributed by atoms with Crippen molar-refractivity contribution in [3.63, 3.8) is 0 Å². The second-order valence-corrected chi connectivity index (χ2v) is 4.80. The molecule has 0 bridgehead atoms. The van der Waals surface area contributed by atoms with E-state index in [9.17, 15) is 19.2 Å². The third kappa shape index (κ3) is 2.36. The Morgan fingerprint density at radius 2 is 1.65 bits per heavy atom. The molecule has 1 aromatic rings. The molecule has 1 aromatic heterocycles. The van der Waals surface area contributed by atoms with Gasteiger partial charge in [-0.3, -0.25) is 30.1 Å². The first-order valence-electron chi connectivity index (χ1n) is 6.38. The van der Waals surface area contributed by atoms with Crippen molar-refractivity contribution in [1.29, 1.82) is 0 Å². The second kappa shape index (κ2) is 5.32. The fourth-order valence-electron chi connectivity index (χ4n) is 2.59. The fraction of sp³-hybridized carbons (Fsp3) is 0.500. The van der Waals surface area contributed by atoms with Crippen molar-refractivity contribution in [2.24, 2.45) is 5.92 Å². The lowest BCUT2D eigenvalue weighted by atomic mass is 9.81. The number of amides is 4. The summed E-state index contributed by atoms with van der Waals surface area (Å²) in [6, 6.07) is -0.828. The van der Waals surface area contributed by atoms with E-state index in [1.54, 1.807) is 6.92 Å². The van der Waals surface area contributed by atoms with Crippen LogP contribution < -0.4 is 16.2 Å². The molecule has 0 aromatic carbocycles. The van der Waals surface area contributed by atoms with Crippen molar-refractivity contribution in [3.05, 3.63) is 21.6 Å². The Kier molecular flexibility index (Phi) is 3.73. The Bertz CT molecular complexity index is 595. The number of aromatic nitrogens is 2. The molecule has 8 heteroatoms. The molecule has 4 amide bonds. The van der Waals surface area contributed by atoms with Crippen LogP contribution in [0.2, 0.25) is 0 Å². The highest BCUT2D eigenvalue weighted by atomic mass is 16.2. The molecule has 2 rings (SSSR count). The van der Waals surface area contributed by atoms with Gasteiger partial charge in [-0.15, -0.1) is 0 Å². The average molecular weight is 280 g/mol. The Labute approximate surface area is 114 Å². The topological polar surface area (TPSA) is 124 Å². The van der Waals surface area contributed by atoms with Crippen LogP contribution in [0.4, 0.5) is 4.79 Å². The van der Waals surface area contributed by atoms with Crippen LogP contribution in [0.3, 0.4) is 0 Å². The summed E-state index contributed by atoms with van der Waals surface area (Å²) in [5, 5.41) is 9.26. The molecule has 0 saturated carbocycles. The van der Waals surface area contributed by atoms with E-state index < -0.39 is 29.7 Å². The molecule has 1 aliphatic heterocycles. The molecule has 0 spiro atoms. The first kappa shape index (κ1) is 14.0. The maximum absolute atomic E-state index is 11.9. The molecule has 108 valence electrons. The maximum Gasteiger partial charge on any atom is 0.328 e. The summed E-state index contributed by atoms with van der Waals surface area (Å²) in [5.74, 6) is -2.99. The highest BCUT2D eigenvalue weighted by molar-refractivity contribution is 6.16. The molecule has 1 saturated heterocycles. The lowest BCUT2D eigenvalue weighted by Gasteiger charge is -2.27. The van der Waals surface area contributed by atoms with Gasteiger partial charge in [0.2, 0.25) is 11.8 Å². The van der Waals surface area contributed by atoms with E-state index in [-0.39, 0.29) is 5.56 Å². The van der Waals surface area contributed by atoms with E-state index >= 15 is 0 Å². The Morgan fingerprint density at radius 3 is 2.10 bits per heavy atom. The summed E-state index contributed by atoms with van der Waals surface area (Å²) in [7, 11) is 0. The van der Waals surface area contributed by atoms with Crippen molar-refractivity contribution in [2.45, 2.75) is 32.6 Å². The lowest BCUT2D eigenvalue weighted by Crippen LogP contribution is -2.57. The summed E-state index contributed by atoms with van der Waals surface area (Å²) in [4.78, 5) is 46.8. The van der Waals surface area contributed by atoms with Gasteiger partial charge in [0, 0.05) is 17.2 Å². The number of H-pyrrole nitrogens is 2. The average Bonchev–Trinajstić information content (AvgIpc) is 2.67. The van der Waals surface area contributed by atoms with Crippen LogP contribution in [0.25, 0.3) is 0 Å². The number of carbonyl (C=O) groups is 3. The SMILES string of the molecule is CCCC(c1c(C)[nH][nH]c1=O)C1C(=O)NC(=O)NC1=O. The second-order valence-electron chi connectivity index (χ2n) is 4.80. The Balaban J connectivity index is 2.43. The van der Waals surface area contributed by atoms with Crippen LogP contribution >= 0.6 is 0 Å². The van der Waals surface area contributed by atoms with Gasteiger partial charge >= 0.3 is 6.03 Å². The van der Waals surface area contributed by atoms with Crippen molar-refractivity contribution in [2.75, 3.05) is 0 Å². The zero-order valence-corrected chi connectivity index (χ0v) is 11.2. The molecule has 0 radical (unpaired) electrons. The van der Waals surface area contributed by atoms with Gasteiger partial charge in [0.05, 0.1) is 0 Å². The molecular weight excluding hydrogens is 264 g/mol. The van der Waals surface area contributed by atoms with E-state index in [1.165, 1.54) is 0 Å². The quantitative estimate of drug-likeness (QED) is 0.574. The Morgan fingerprint density at radius 1 is 1.05 bits per heavy atom. The monoisotopic (exact) mass is 280 g/mol. The molecule has 1 unspecified atom stereocenters. The van der Waals surface area contributed by atoms with Gasteiger partial charge in [-0.25, -0.2) is 4.79 Å². The number of urea groups is 1. The molecule has 2 heterocycles. The third-order valence-corrected chi connectivity index (χ3v) is 3.42. The number of aryl methyl sites for hydroxylation is 1. The van der Waals surface area contributed by atoms with Gasteiger partial charge in [0.1, 0.15) is 5.92 Å².